The highest BCUT2D eigenvalue weighted by Gasteiger charge is 2.13. The lowest BCUT2D eigenvalue weighted by Crippen LogP contribution is -2.24. The number of phenolic OH excluding ortho intramolecular Hbond substituents is 1. The minimum Gasteiger partial charge on any atom is -0.508 e. The van der Waals surface area contributed by atoms with Crippen molar-refractivity contribution in [3.63, 3.8) is 0 Å². The summed E-state index contributed by atoms with van der Waals surface area (Å²) in [6.07, 6.45) is 3.27. The maximum absolute atomic E-state index is 11.2. The van der Waals surface area contributed by atoms with Crippen molar-refractivity contribution in [1.29, 1.82) is 0 Å². The molecule has 0 radical (unpaired) electrons. The second-order valence-corrected chi connectivity index (χ2v) is 17.8. The molecule has 388 valence electrons. The molecule has 0 aromatic heterocycles. The minimum atomic E-state index is -0.0469. The van der Waals surface area contributed by atoms with E-state index in [1.807, 2.05) is 133 Å². The van der Waals surface area contributed by atoms with Gasteiger partial charge in [-0.25, -0.2) is 0 Å². The van der Waals surface area contributed by atoms with Crippen molar-refractivity contribution in [3.8, 4) is 40.2 Å². The summed E-state index contributed by atoms with van der Waals surface area (Å²) in [6.45, 7) is 3.93. The van der Waals surface area contributed by atoms with E-state index < -0.39 is 0 Å². The van der Waals surface area contributed by atoms with Crippen LogP contribution in [-0.4, -0.2) is 111 Å². The number of rotatable bonds is 30. The summed E-state index contributed by atoms with van der Waals surface area (Å²) in [4.78, 5) is 52.8. The van der Waals surface area contributed by atoms with Crippen LogP contribution in [-0.2, 0) is 13.2 Å². The zero-order valence-corrected chi connectivity index (χ0v) is 42.6. The van der Waals surface area contributed by atoms with Crippen LogP contribution in [0.4, 0.5) is 22.7 Å². The first-order valence-corrected chi connectivity index (χ1v) is 24.4. The number of hydrogen-bond acceptors (Lipinski definition) is 15. The number of benzene rings is 7. The molecule has 7 aromatic rings. The molecule has 0 spiro atoms. The largest absolute Gasteiger partial charge is 0.508 e. The van der Waals surface area contributed by atoms with Crippen molar-refractivity contribution in [1.82, 2.24) is 0 Å². The zero-order valence-electron chi connectivity index (χ0n) is 42.6. The van der Waals surface area contributed by atoms with E-state index in [0.29, 0.717) is 109 Å². The maximum atomic E-state index is 11.2. The first-order chi connectivity index (χ1) is 36.5. The van der Waals surface area contributed by atoms with Gasteiger partial charge in [0.05, 0.1) is 26.2 Å². The highest BCUT2D eigenvalue weighted by molar-refractivity contribution is 5.77. The van der Waals surface area contributed by atoms with Crippen molar-refractivity contribution < 1.29 is 52.7 Å². The van der Waals surface area contributed by atoms with Crippen molar-refractivity contribution in [3.05, 3.63) is 185 Å². The molecule has 0 heterocycles. The van der Waals surface area contributed by atoms with Crippen LogP contribution in [0.25, 0.3) is 0 Å². The molecule has 7 aromatic carbocycles. The van der Waals surface area contributed by atoms with Gasteiger partial charge in [0.25, 0.3) is 0 Å². The Morgan fingerprint density at radius 2 is 0.560 bits per heavy atom. The molecule has 0 aliphatic carbocycles. The normalized spacial score (nSPS) is 10.7. The Morgan fingerprint density at radius 3 is 0.787 bits per heavy atom. The van der Waals surface area contributed by atoms with Gasteiger partial charge in [0.2, 0.25) is 0 Å². The number of aromatic hydroxyl groups is 1. The molecule has 1 N–H and O–H groups in total. The van der Waals surface area contributed by atoms with Gasteiger partial charge in [0.15, 0.2) is 0 Å². The fraction of sp³-hybridized carbons (Fsp3) is 0.233. The van der Waals surface area contributed by atoms with E-state index in [-0.39, 0.29) is 19.0 Å². The maximum Gasteiger partial charge on any atom is 0.150 e. The Balaban J connectivity index is 1.01. The predicted octanol–water partition coefficient (Wildman–Crippen LogP) is 9.86. The lowest BCUT2D eigenvalue weighted by atomic mass is 10.2. The van der Waals surface area contributed by atoms with Crippen LogP contribution < -0.4 is 48.0 Å². The van der Waals surface area contributed by atoms with Crippen LogP contribution in [0.2, 0.25) is 0 Å². The summed E-state index contributed by atoms with van der Waals surface area (Å²) < 4.78 is 37.6. The highest BCUT2D eigenvalue weighted by atomic mass is 16.5. The molecule has 0 bridgehead atoms. The number of phenols is 1. The van der Waals surface area contributed by atoms with Gasteiger partial charge in [-0.15, -0.1) is 0 Å². The zero-order chi connectivity index (χ0) is 52.9. The topological polar surface area (TPSA) is 157 Å². The van der Waals surface area contributed by atoms with Crippen LogP contribution in [0.1, 0.15) is 52.6 Å². The summed E-state index contributed by atoms with van der Waals surface area (Å²) in [5, 5.41) is 10.8. The Kier molecular flexibility index (Phi) is 19.5. The summed E-state index contributed by atoms with van der Waals surface area (Å²) in [7, 11) is 7.82. The first kappa shape index (κ1) is 53.8. The molecule has 0 unspecified atom stereocenters. The van der Waals surface area contributed by atoms with E-state index in [0.717, 1.165) is 59.0 Å². The molecule has 0 atom stereocenters. The monoisotopic (exact) mass is 1010 g/mol. The van der Waals surface area contributed by atoms with Crippen LogP contribution in [0, 0.1) is 0 Å². The lowest BCUT2D eigenvalue weighted by molar-refractivity contribution is 0.111. The Hall–Kier alpha value is -8.98. The summed E-state index contributed by atoms with van der Waals surface area (Å²) in [5.74, 6) is 3.03. The van der Waals surface area contributed by atoms with Gasteiger partial charge in [-0.2, -0.15) is 0 Å². The Morgan fingerprint density at radius 1 is 0.333 bits per heavy atom. The molecule has 0 aliphatic rings. The van der Waals surface area contributed by atoms with Crippen molar-refractivity contribution in [2.45, 2.75) is 13.2 Å². The average Bonchev–Trinajstić information content (AvgIpc) is 3.43. The fourth-order valence-electron chi connectivity index (χ4n) is 7.77. The van der Waals surface area contributed by atoms with Crippen LogP contribution in [0.3, 0.4) is 0 Å². The van der Waals surface area contributed by atoms with Gasteiger partial charge in [0.1, 0.15) is 105 Å². The number of ether oxygens (including phenoxy) is 6. The molecular weight excluding hydrogens is 953 g/mol. The van der Waals surface area contributed by atoms with Crippen molar-refractivity contribution >= 4 is 47.9 Å². The van der Waals surface area contributed by atoms with Crippen LogP contribution >= 0.6 is 0 Å². The second-order valence-electron chi connectivity index (χ2n) is 17.8. The summed E-state index contributed by atoms with van der Waals surface area (Å²) in [5.41, 5.74) is 7.74. The van der Waals surface area contributed by atoms with Gasteiger partial charge in [-0.1, -0.05) is 0 Å². The number of carbonyl (C=O) groups is 4. The van der Waals surface area contributed by atoms with Gasteiger partial charge in [0, 0.05) is 104 Å². The van der Waals surface area contributed by atoms with E-state index in [1.54, 1.807) is 54.6 Å². The van der Waals surface area contributed by atoms with E-state index in [1.165, 1.54) is 12.1 Å². The molecule has 75 heavy (non-hydrogen) atoms. The molecule has 0 aliphatic heterocycles. The van der Waals surface area contributed by atoms with E-state index in [2.05, 4.69) is 0 Å². The molecule has 7 rings (SSSR count). The van der Waals surface area contributed by atoms with E-state index >= 15 is 0 Å². The number of hydrogen-bond donors (Lipinski definition) is 1. The molecular formula is C60H62N4O11. The third-order valence-electron chi connectivity index (χ3n) is 12.2. The van der Waals surface area contributed by atoms with Crippen molar-refractivity contribution in [2.24, 2.45) is 0 Å². The SMILES string of the molecule is CN(CCOc1cc(COc2cc(O)cc(OCc3cc(OCCN(C)c4ccc(C=O)cc4)cc(OCCN(C)c4ccc(C=O)cc4)c3)c2)cc(OCCN(C)c2ccc(C=O)cc2)c1)c1ccc(C=O)cc1. The van der Waals surface area contributed by atoms with Gasteiger partial charge in [-0.05, 0) is 132 Å². The molecule has 0 saturated carbocycles. The lowest BCUT2D eigenvalue weighted by Gasteiger charge is -2.21. The molecule has 15 nitrogen and oxygen atoms in total. The quantitative estimate of drug-likeness (QED) is 0.0424. The molecule has 0 fully saturated rings. The fourth-order valence-corrected chi connectivity index (χ4v) is 7.77. The Bertz CT molecular complexity index is 2590. The summed E-state index contributed by atoms with van der Waals surface area (Å²) in [6, 6.07) is 45.3. The predicted molar refractivity (Wildman–Crippen MR) is 292 cm³/mol. The van der Waals surface area contributed by atoms with Gasteiger partial charge < -0.3 is 53.1 Å². The highest BCUT2D eigenvalue weighted by Crippen LogP contribution is 2.31. The molecule has 15 heteroatoms. The minimum absolute atomic E-state index is 0.0469. The Labute approximate surface area is 438 Å². The second kappa shape index (κ2) is 27.2. The smallest absolute Gasteiger partial charge is 0.150 e. The number of carbonyl (C=O) groups excluding carboxylic acids is 4. The van der Waals surface area contributed by atoms with Crippen molar-refractivity contribution in [2.75, 3.05) is 100 Å². The number of likely N-dealkylation sites (N-methyl/N-ethyl adjacent to an activating group) is 4. The van der Waals surface area contributed by atoms with E-state index in [9.17, 15) is 24.3 Å². The molecule has 0 amide bonds. The number of aldehydes is 4. The average molecular weight is 1020 g/mol. The third kappa shape index (κ3) is 16.5. The van der Waals surface area contributed by atoms with Crippen LogP contribution in [0.5, 0.6) is 40.2 Å². The first-order valence-electron chi connectivity index (χ1n) is 24.4. The number of anilines is 4. The summed E-state index contributed by atoms with van der Waals surface area (Å²) >= 11 is 0. The van der Waals surface area contributed by atoms with Gasteiger partial charge in [-0.3, -0.25) is 19.2 Å². The van der Waals surface area contributed by atoms with E-state index in [4.69, 9.17) is 28.4 Å². The molecule has 0 saturated heterocycles. The van der Waals surface area contributed by atoms with Gasteiger partial charge >= 0.3 is 0 Å². The third-order valence-corrected chi connectivity index (χ3v) is 12.2. The number of nitrogens with zero attached hydrogens (tertiary/aromatic N) is 4. The van der Waals surface area contributed by atoms with Crippen LogP contribution in [0.15, 0.2) is 152 Å². The standard InChI is InChI=1S/C60H62N4O11/c1-61(50-13-5-44(38-65)6-14-50)21-25-70-55-29-48(30-56(35-55)71-26-22-62(2)51-15-7-45(39-66)8-16-51)42-74-59-33-54(69)34-60(37-59)75-43-49-31-57(72-27-23-63(3)52-17-9-46(40-67)10-18-52)36-58(32-49)73-28-24-64(4)53-19-11-47(41-68)12-20-53/h5-20,29-41,69H,21-28,42-43H2,1-4H3.